The Kier molecular flexibility index (Phi) is 6.41. The molecule has 1 aromatic heterocycles. The average Bonchev–Trinajstić information content (AvgIpc) is 3.17. The van der Waals surface area contributed by atoms with Crippen LogP contribution in [0.3, 0.4) is 0 Å². The quantitative estimate of drug-likeness (QED) is 0.380. The van der Waals surface area contributed by atoms with Gasteiger partial charge in [0.05, 0.1) is 12.0 Å². The average molecular weight is 395 g/mol. The van der Waals surface area contributed by atoms with E-state index in [1.165, 1.54) is 17.1 Å². The molecular weight excluding hydrogens is 368 g/mol. The van der Waals surface area contributed by atoms with Crippen LogP contribution in [0.5, 0.6) is 10.9 Å². The molecule has 0 bridgehead atoms. The van der Waals surface area contributed by atoms with Crippen molar-refractivity contribution in [2.45, 2.75) is 33.6 Å². The lowest BCUT2D eigenvalue weighted by molar-refractivity contribution is 0.472. The minimum absolute atomic E-state index is 0.130. The Hall–Kier alpha value is -2.73. The molecule has 2 aromatic carbocycles. The van der Waals surface area contributed by atoms with E-state index in [0.717, 1.165) is 34.9 Å². The number of ether oxygens (including phenoxy) is 1. The van der Waals surface area contributed by atoms with Crippen LogP contribution in [0.1, 0.15) is 42.3 Å². The van der Waals surface area contributed by atoms with Gasteiger partial charge in [-0.1, -0.05) is 37.3 Å². The van der Waals surface area contributed by atoms with Gasteiger partial charge in [-0.05, 0) is 49.6 Å². The number of benzene rings is 2. The molecule has 1 heterocycles. The standard InChI is InChI=1S/C22H26N4OS/c1-6-26(5)14-23-19-12-16(3)20(13-15(19)2)27-22-24-21(25-28-22)17(4)18-10-8-7-9-11-18/h7-14,17H,6H2,1-5H3/b23-14-. The van der Waals surface area contributed by atoms with Crippen molar-refractivity contribution in [3.05, 3.63) is 65.0 Å². The van der Waals surface area contributed by atoms with Gasteiger partial charge in [0, 0.05) is 31.0 Å². The van der Waals surface area contributed by atoms with Gasteiger partial charge in [0.1, 0.15) is 5.75 Å². The Balaban J connectivity index is 1.76. The lowest BCUT2D eigenvalue weighted by Gasteiger charge is -2.11. The van der Waals surface area contributed by atoms with Crippen LogP contribution in [-0.2, 0) is 0 Å². The van der Waals surface area contributed by atoms with Gasteiger partial charge in [-0.3, -0.25) is 0 Å². The Bertz CT molecular complexity index is 952. The first-order valence-corrected chi connectivity index (χ1v) is 10.2. The summed E-state index contributed by atoms with van der Waals surface area (Å²) in [4.78, 5) is 11.2. The molecule has 0 aliphatic heterocycles. The summed E-state index contributed by atoms with van der Waals surface area (Å²) >= 11 is 1.28. The molecule has 0 saturated carbocycles. The van der Waals surface area contributed by atoms with Crippen LogP contribution in [0, 0.1) is 13.8 Å². The van der Waals surface area contributed by atoms with E-state index in [9.17, 15) is 0 Å². The van der Waals surface area contributed by atoms with Crippen molar-refractivity contribution in [2.75, 3.05) is 13.6 Å². The molecule has 0 radical (unpaired) electrons. The number of aryl methyl sites for hydroxylation is 2. The van der Waals surface area contributed by atoms with Gasteiger partial charge in [-0.2, -0.15) is 9.36 Å². The molecule has 0 saturated heterocycles. The van der Waals surface area contributed by atoms with E-state index in [1.807, 2.05) is 62.5 Å². The third-order valence-corrected chi connectivity index (χ3v) is 5.30. The summed E-state index contributed by atoms with van der Waals surface area (Å²) < 4.78 is 10.5. The summed E-state index contributed by atoms with van der Waals surface area (Å²) in [5, 5.41) is 0.558. The predicted molar refractivity (Wildman–Crippen MR) is 116 cm³/mol. The molecule has 1 unspecified atom stereocenters. The maximum absolute atomic E-state index is 6.04. The summed E-state index contributed by atoms with van der Waals surface area (Å²) in [6.07, 6.45) is 1.85. The Morgan fingerprint density at radius 1 is 1.18 bits per heavy atom. The Labute approximate surface area is 170 Å². The zero-order chi connectivity index (χ0) is 20.1. The summed E-state index contributed by atoms with van der Waals surface area (Å²) in [6.45, 7) is 9.18. The SMILES string of the molecule is CCN(C)/C=N\c1cc(C)c(Oc2nc(C(C)c3ccccc3)ns2)cc1C. The number of nitrogens with zero attached hydrogens (tertiary/aromatic N) is 4. The van der Waals surface area contributed by atoms with Crippen molar-refractivity contribution in [1.29, 1.82) is 0 Å². The monoisotopic (exact) mass is 394 g/mol. The van der Waals surface area contributed by atoms with E-state index < -0.39 is 0 Å². The zero-order valence-corrected chi connectivity index (χ0v) is 17.8. The minimum Gasteiger partial charge on any atom is -0.430 e. The maximum Gasteiger partial charge on any atom is 0.298 e. The molecule has 0 spiro atoms. The lowest BCUT2D eigenvalue weighted by atomic mass is 10.0. The van der Waals surface area contributed by atoms with Crippen molar-refractivity contribution < 1.29 is 4.74 Å². The van der Waals surface area contributed by atoms with Gasteiger partial charge < -0.3 is 9.64 Å². The van der Waals surface area contributed by atoms with Crippen LogP contribution in [0.15, 0.2) is 47.5 Å². The zero-order valence-electron chi connectivity index (χ0n) is 17.0. The first-order chi connectivity index (χ1) is 13.5. The van der Waals surface area contributed by atoms with Gasteiger partial charge in [-0.15, -0.1) is 0 Å². The fourth-order valence-corrected chi connectivity index (χ4v) is 3.32. The molecule has 0 amide bonds. The van der Waals surface area contributed by atoms with E-state index in [0.29, 0.717) is 5.19 Å². The highest BCUT2D eigenvalue weighted by molar-refractivity contribution is 7.07. The molecule has 28 heavy (non-hydrogen) atoms. The summed E-state index contributed by atoms with van der Waals surface area (Å²) in [5.74, 6) is 1.70. The molecule has 146 valence electrons. The van der Waals surface area contributed by atoms with E-state index in [1.54, 1.807) is 0 Å². The Morgan fingerprint density at radius 2 is 1.93 bits per heavy atom. The summed E-state index contributed by atoms with van der Waals surface area (Å²) in [5.41, 5.74) is 4.22. The van der Waals surface area contributed by atoms with E-state index in [4.69, 9.17) is 4.74 Å². The number of aromatic nitrogens is 2. The number of hydrogen-bond acceptors (Lipinski definition) is 5. The second-order valence-corrected chi connectivity index (χ2v) is 7.59. The third-order valence-electron chi connectivity index (χ3n) is 4.69. The summed E-state index contributed by atoms with van der Waals surface area (Å²) in [6, 6.07) is 14.3. The summed E-state index contributed by atoms with van der Waals surface area (Å²) in [7, 11) is 2.01. The maximum atomic E-state index is 6.04. The smallest absolute Gasteiger partial charge is 0.298 e. The molecule has 0 fully saturated rings. The molecule has 3 rings (SSSR count). The fourth-order valence-electron chi connectivity index (χ4n) is 2.69. The van der Waals surface area contributed by atoms with E-state index in [2.05, 4.69) is 40.3 Å². The van der Waals surface area contributed by atoms with Gasteiger partial charge in [0.15, 0.2) is 5.82 Å². The van der Waals surface area contributed by atoms with E-state index >= 15 is 0 Å². The Morgan fingerprint density at radius 3 is 2.64 bits per heavy atom. The molecule has 3 aromatic rings. The van der Waals surface area contributed by atoms with Crippen LogP contribution >= 0.6 is 11.5 Å². The fraction of sp³-hybridized carbons (Fsp3) is 0.318. The molecule has 5 nitrogen and oxygen atoms in total. The molecule has 0 N–H and O–H groups in total. The lowest BCUT2D eigenvalue weighted by Crippen LogP contribution is -2.14. The number of rotatable bonds is 7. The van der Waals surface area contributed by atoms with Crippen molar-refractivity contribution in [2.24, 2.45) is 4.99 Å². The number of hydrogen-bond donors (Lipinski definition) is 0. The van der Waals surface area contributed by atoms with Crippen molar-refractivity contribution in [1.82, 2.24) is 14.3 Å². The van der Waals surface area contributed by atoms with Crippen LogP contribution < -0.4 is 4.74 Å². The topological polar surface area (TPSA) is 50.6 Å². The highest BCUT2D eigenvalue weighted by atomic mass is 32.1. The van der Waals surface area contributed by atoms with Crippen LogP contribution in [-0.4, -0.2) is 34.2 Å². The van der Waals surface area contributed by atoms with Crippen LogP contribution in [0.4, 0.5) is 5.69 Å². The third kappa shape index (κ3) is 4.75. The van der Waals surface area contributed by atoms with Gasteiger partial charge in [0.25, 0.3) is 5.19 Å². The van der Waals surface area contributed by atoms with Crippen molar-refractivity contribution >= 4 is 23.6 Å². The molecule has 1 atom stereocenters. The van der Waals surface area contributed by atoms with E-state index in [-0.39, 0.29) is 5.92 Å². The van der Waals surface area contributed by atoms with Crippen LogP contribution in [0.25, 0.3) is 0 Å². The molecule has 0 aliphatic rings. The minimum atomic E-state index is 0.130. The molecular formula is C22H26N4OS. The largest absolute Gasteiger partial charge is 0.430 e. The van der Waals surface area contributed by atoms with Gasteiger partial charge in [0.2, 0.25) is 0 Å². The predicted octanol–water partition coefficient (Wildman–Crippen LogP) is 5.71. The highest BCUT2D eigenvalue weighted by Crippen LogP contribution is 2.33. The number of aliphatic imine (C=N–C) groups is 1. The van der Waals surface area contributed by atoms with Gasteiger partial charge >= 0.3 is 0 Å². The first-order valence-electron chi connectivity index (χ1n) is 9.40. The van der Waals surface area contributed by atoms with Crippen LogP contribution in [0.2, 0.25) is 0 Å². The molecule has 0 aliphatic carbocycles. The van der Waals surface area contributed by atoms with Gasteiger partial charge in [-0.25, -0.2) is 4.99 Å². The second-order valence-electron chi connectivity index (χ2n) is 6.87. The molecule has 6 heteroatoms. The second kappa shape index (κ2) is 8.97. The highest BCUT2D eigenvalue weighted by Gasteiger charge is 2.16. The normalized spacial score (nSPS) is 12.3. The van der Waals surface area contributed by atoms with Crippen molar-refractivity contribution in [3.63, 3.8) is 0 Å². The van der Waals surface area contributed by atoms with Crippen molar-refractivity contribution in [3.8, 4) is 10.9 Å². The first kappa shape index (κ1) is 20.0.